The average molecular weight is 229 g/mol. The highest BCUT2D eigenvalue weighted by Gasteiger charge is 2.20. The summed E-state index contributed by atoms with van der Waals surface area (Å²) in [7, 11) is 0. The minimum atomic E-state index is -0.323. The van der Waals surface area contributed by atoms with E-state index in [1.54, 1.807) is 0 Å². The van der Waals surface area contributed by atoms with E-state index in [-0.39, 0.29) is 5.82 Å². The van der Waals surface area contributed by atoms with Crippen LogP contribution in [-0.2, 0) is 0 Å². The maximum Gasteiger partial charge on any atom is 0.167 e. The standard InChI is InChI=1S/C11H14ClFN2/c1-8-3-2-4-15(7-8)11-10(13)5-9(12)6-14-11/h5-6,8H,2-4,7H2,1H3. The molecule has 2 nitrogen and oxygen atoms in total. The summed E-state index contributed by atoms with van der Waals surface area (Å²) >= 11 is 5.66. The minimum Gasteiger partial charge on any atom is -0.354 e. The van der Waals surface area contributed by atoms with Crippen LogP contribution in [0.1, 0.15) is 19.8 Å². The Balaban J connectivity index is 2.21. The van der Waals surface area contributed by atoms with E-state index in [0.717, 1.165) is 19.5 Å². The lowest BCUT2D eigenvalue weighted by atomic mass is 10.0. The van der Waals surface area contributed by atoms with Gasteiger partial charge < -0.3 is 4.90 Å². The molecular formula is C11H14ClFN2. The van der Waals surface area contributed by atoms with Crippen LogP contribution < -0.4 is 4.90 Å². The molecule has 0 saturated carbocycles. The Labute approximate surface area is 94.1 Å². The summed E-state index contributed by atoms with van der Waals surface area (Å²) < 4.78 is 13.6. The smallest absolute Gasteiger partial charge is 0.167 e. The van der Waals surface area contributed by atoms with Crippen LogP contribution >= 0.6 is 11.6 Å². The zero-order chi connectivity index (χ0) is 10.8. The zero-order valence-corrected chi connectivity index (χ0v) is 9.47. The summed E-state index contributed by atoms with van der Waals surface area (Å²) in [6.45, 7) is 3.95. The lowest BCUT2D eigenvalue weighted by Crippen LogP contribution is -2.35. The molecule has 1 saturated heterocycles. The Hall–Kier alpha value is -0.830. The van der Waals surface area contributed by atoms with E-state index in [2.05, 4.69) is 11.9 Å². The first kappa shape index (κ1) is 10.7. The van der Waals surface area contributed by atoms with E-state index < -0.39 is 0 Å². The van der Waals surface area contributed by atoms with Gasteiger partial charge in [0.2, 0.25) is 0 Å². The molecule has 1 aliphatic heterocycles. The van der Waals surface area contributed by atoms with Crippen molar-refractivity contribution in [2.45, 2.75) is 19.8 Å². The first-order valence-corrected chi connectivity index (χ1v) is 5.60. The molecule has 82 valence electrons. The molecule has 0 bridgehead atoms. The summed E-state index contributed by atoms with van der Waals surface area (Å²) in [5.41, 5.74) is 0. The zero-order valence-electron chi connectivity index (χ0n) is 8.71. The van der Waals surface area contributed by atoms with Gasteiger partial charge in [0.25, 0.3) is 0 Å². The number of nitrogens with zero attached hydrogens (tertiary/aromatic N) is 2. The van der Waals surface area contributed by atoms with Crippen molar-refractivity contribution in [3.05, 3.63) is 23.1 Å². The van der Waals surface area contributed by atoms with Gasteiger partial charge >= 0.3 is 0 Å². The van der Waals surface area contributed by atoms with E-state index in [4.69, 9.17) is 11.6 Å². The Morgan fingerprint density at radius 2 is 2.40 bits per heavy atom. The molecule has 2 heterocycles. The van der Waals surface area contributed by atoms with Crippen LogP contribution in [0, 0.1) is 11.7 Å². The molecule has 0 aliphatic carbocycles. The van der Waals surface area contributed by atoms with Crippen molar-refractivity contribution in [3.63, 3.8) is 0 Å². The molecular weight excluding hydrogens is 215 g/mol. The molecule has 1 aliphatic rings. The van der Waals surface area contributed by atoms with E-state index in [1.165, 1.54) is 18.7 Å². The van der Waals surface area contributed by atoms with Gasteiger partial charge in [0.05, 0.1) is 5.02 Å². The lowest BCUT2D eigenvalue weighted by Gasteiger charge is -2.31. The normalized spacial score (nSPS) is 21.8. The average Bonchev–Trinajstić information content (AvgIpc) is 2.17. The van der Waals surface area contributed by atoms with Gasteiger partial charge in [-0.1, -0.05) is 18.5 Å². The molecule has 0 radical (unpaired) electrons. The Morgan fingerprint density at radius 3 is 3.07 bits per heavy atom. The molecule has 1 fully saturated rings. The van der Waals surface area contributed by atoms with Crippen molar-refractivity contribution in [3.8, 4) is 0 Å². The molecule has 1 unspecified atom stereocenters. The van der Waals surface area contributed by atoms with Gasteiger partial charge in [-0.3, -0.25) is 0 Å². The van der Waals surface area contributed by atoms with Gasteiger partial charge in [0.1, 0.15) is 0 Å². The van der Waals surface area contributed by atoms with Gasteiger partial charge in [-0.15, -0.1) is 0 Å². The predicted molar refractivity (Wildman–Crippen MR) is 59.8 cm³/mol. The fourth-order valence-electron chi connectivity index (χ4n) is 2.02. The van der Waals surface area contributed by atoms with Crippen LogP contribution in [0.3, 0.4) is 0 Å². The van der Waals surface area contributed by atoms with Crippen LogP contribution in [0.25, 0.3) is 0 Å². The fourth-order valence-corrected chi connectivity index (χ4v) is 2.17. The maximum atomic E-state index is 13.6. The molecule has 4 heteroatoms. The molecule has 1 aromatic heterocycles. The van der Waals surface area contributed by atoms with E-state index in [9.17, 15) is 4.39 Å². The number of hydrogen-bond acceptors (Lipinski definition) is 2. The van der Waals surface area contributed by atoms with Gasteiger partial charge in [-0.2, -0.15) is 0 Å². The van der Waals surface area contributed by atoms with Crippen LogP contribution in [0.15, 0.2) is 12.3 Å². The van der Waals surface area contributed by atoms with Crippen molar-refractivity contribution in [1.82, 2.24) is 4.98 Å². The molecule has 0 aromatic carbocycles. The Kier molecular flexibility index (Phi) is 3.10. The van der Waals surface area contributed by atoms with Crippen molar-refractivity contribution in [2.75, 3.05) is 18.0 Å². The number of anilines is 1. The van der Waals surface area contributed by atoms with Crippen molar-refractivity contribution >= 4 is 17.4 Å². The van der Waals surface area contributed by atoms with Gasteiger partial charge in [0, 0.05) is 19.3 Å². The SMILES string of the molecule is CC1CCCN(c2ncc(Cl)cc2F)C1. The first-order chi connectivity index (χ1) is 7.16. The first-order valence-electron chi connectivity index (χ1n) is 5.23. The van der Waals surface area contributed by atoms with Crippen LogP contribution in [0.4, 0.5) is 10.2 Å². The third kappa shape index (κ3) is 2.40. The third-order valence-corrected chi connectivity index (χ3v) is 2.95. The molecule has 0 spiro atoms. The monoisotopic (exact) mass is 228 g/mol. The predicted octanol–water partition coefficient (Wildman–Crippen LogP) is 3.11. The number of aromatic nitrogens is 1. The highest BCUT2D eigenvalue weighted by atomic mass is 35.5. The summed E-state index contributed by atoms with van der Waals surface area (Å²) in [6, 6.07) is 1.32. The highest BCUT2D eigenvalue weighted by Crippen LogP contribution is 2.24. The summed E-state index contributed by atoms with van der Waals surface area (Å²) in [5, 5.41) is 0.348. The number of halogens is 2. The number of pyridine rings is 1. The molecule has 0 N–H and O–H groups in total. The minimum absolute atomic E-state index is 0.323. The molecule has 2 rings (SSSR count). The maximum absolute atomic E-state index is 13.6. The quantitative estimate of drug-likeness (QED) is 0.734. The summed E-state index contributed by atoms with van der Waals surface area (Å²) in [4.78, 5) is 6.05. The summed E-state index contributed by atoms with van der Waals surface area (Å²) in [5.74, 6) is 0.721. The second-order valence-electron chi connectivity index (χ2n) is 4.15. The van der Waals surface area contributed by atoms with Crippen molar-refractivity contribution in [2.24, 2.45) is 5.92 Å². The van der Waals surface area contributed by atoms with E-state index >= 15 is 0 Å². The van der Waals surface area contributed by atoms with E-state index in [0.29, 0.717) is 16.8 Å². The van der Waals surface area contributed by atoms with Crippen molar-refractivity contribution < 1.29 is 4.39 Å². The van der Waals surface area contributed by atoms with E-state index in [1.807, 2.05) is 4.90 Å². The fraction of sp³-hybridized carbons (Fsp3) is 0.545. The second kappa shape index (κ2) is 4.35. The van der Waals surface area contributed by atoms with Crippen LogP contribution in [0.2, 0.25) is 5.02 Å². The van der Waals surface area contributed by atoms with Crippen molar-refractivity contribution in [1.29, 1.82) is 0 Å². The summed E-state index contributed by atoms with van der Waals surface area (Å²) in [6.07, 6.45) is 3.82. The van der Waals surface area contributed by atoms with Crippen LogP contribution in [0.5, 0.6) is 0 Å². The van der Waals surface area contributed by atoms with Gasteiger partial charge in [-0.05, 0) is 24.8 Å². The molecule has 1 aromatic rings. The van der Waals surface area contributed by atoms with Crippen LogP contribution in [-0.4, -0.2) is 18.1 Å². The molecule has 1 atom stereocenters. The van der Waals surface area contributed by atoms with Gasteiger partial charge in [0.15, 0.2) is 11.6 Å². The Bertz CT molecular complexity index is 356. The molecule has 0 amide bonds. The number of rotatable bonds is 1. The Morgan fingerprint density at radius 1 is 1.60 bits per heavy atom. The highest BCUT2D eigenvalue weighted by molar-refractivity contribution is 6.30. The second-order valence-corrected chi connectivity index (χ2v) is 4.59. The number of hydrogen-bond donors (Lipinski definition) is 0. The number of piperidine rings is 1. The van der Waals surface area contributed by atoms with Gasteiger partial charge in [-0.25, -0.2) is 9.37 Å². The molecule has 15 heavy (non-hydrogen) atoms. The largest absolute Gasteiger partial charge is 0.354 e. The lowest BCUT2D eigenvalue weighted by molar-refractivity contribution is 0.439. The topological polar surface area (TPSA) is 16.1 Å². The third-order valence-electron chi connectivity index (χ3n) is 2.74.